The molecule has 0 aliphatic heterocycles. The van der Waals surface area contributed by atoms with E-state index in [4.69, 9.17) is 0 Å². The van der Waals surface area contributed by atoms with Crippen LogP contribution in [-0.4, -0.2) is 19.8 Å². The second-order valence-corrected chi connectivity index (χ2v) is 3.75. The van der Waals surface area contributed by atoms with Gasteiger partial charge in [-0.25, -0.2) is 0 Å². The molecular weight excluding hydrogens is 179 g/mol. The van der Waals surface area contributed by atoms with E-state index in [-0.39, 0.29) is 5.92 Å². The first kappa shape index (κ1) is 10.8. The Morgan fingerprint density at radius 2 is 1.85 bits per heavy atom. The van der Waals surface area contributed by atoms with E-state index in [1.807, 2.05) is 0 Å². The van der Waals surface area contributed by atoms with Gasteiger partial charge in [-0.3, -0.25) is 0 Å². The maximum Gasteiger partial charge on any atom is 0.392 e. The maximum atomic E-state index is 12.5. The molecule has 0 spiro atoms. The molecule has 1 aliphatic carbocycles. The summed E-state index contributed by atoms with van der Waals surface area (Å²) in [4.78, 5) is 0. The van der Waals surface area contributed by atoms with Crippen LogP contribution in [0.3, 0.4) is 0 Å². The fourth-order valence-corrected chi connectivity index (χ4v) is 2.15. The van der Waals surface area contributed by atoms with Gasteiger partial charge in [-0.1, -0.05) is 12.8 Å². The van der Waals surface area contributed by atoms with E-state index in [1.165, 1.54) is 0 Å². The third kappa shape index (κ3) is 2.86. The molecule has 0 saturated heterocycles. The lowest BCUT2D eigenvalue weighted by Gasteiger charge is -2.32. The summed E-state index contributed by atoms with van der Waals surface area (Å²) in [5.41, 5.74) is 0. The minimum Gasteiger partial charge on any atom is -0.319 e. The zero-order valence-corrected chi connectivity index (χ0v) is 7.82. The Labute approximate surface area is 76.7 Å². The van der Waals surface area contributed by atoms with Crippen LogP contribution in [0.5, 0.6) is 0 Å². The van der Waals surface area contributed by atoms with Crippen molar-refractivity contribution in [2.75, 3.05) is 13.6 Å². The van der Waals surface area contributed by atoms with Gasteiger partial charge in [-0.2, -0.15) is 13.2 Å². The Balaban J connectivity index is 2.56. The van der Waals surface area contributed by atoms with Gasteiger partial charge in [-0.05, 0) is 32.4 Å². The number of hydrogen-bond acceptors (Lipinski definition) is 1. The zero-order valence-electron chi connectivity index (χ0n) is 7.82. The summed E-state index contributed by atoms with van der Waals surface area (Å²) in [6.45, 7) is 0.490. The van der Waals surface area contributed by atoms with Gasteiger partial charge in [0.1, 0.15) is 0 Å². The molecule has 1 fully saturated rings. The molecule has 78 valence electrons. The Morgan fingerprint density at radius 1 is 1.23 bits per heavy atom. The van der Waals surface area contributed by atoms with Crippen LogP contribution in [0.15, 0.2) is 0 Å². The minimum absolute atomic E-state index is 0.209. The largest absolute Gasteiger partial charge is 0.392 e. The molecule has 2 atom stereocenters. The van der Waals surface area contributed by atoms with Gasteiger partial charge in [0.25, 0.3) is 0 Å². The number of nitrogens with one attached hydrogen (secondary N) is 1. The highest BCUT2D eigenvalue weighted by Crippen LogP contribution is 2.40. The molecular formula is C9H16F3N. The average Bonchev–Trinajstić information content (AvgIpc) is 2.04. The Hall–Kier alpha value is -0.250. The topological polar surface area (TPSA) is 12.0 Å². The van der Waals surface area contributed by atoms with Crippen molar-refractivity contribution in [3.63, 3.8) is 0 Å². The van der Waals surface area contributed by atoms with E-state index < -0.39 is 12.1 Å². The number of rotatable bonds is 2. The van der Waals surface area contributed by atoms with Crippen molar-refractivity contribution in [1.82, 2.24) is 5.32 Å². The molecule has 1 aliphatic rings. The molecule has 0 heterocycles. The molecule has 2 unspecified atom stereocenters. The van der Waals surface area contributed by atoms with Gasteiger partial charge in [0.2, 0.25) is 0 Å². The Morgan fingerprint density at radius 3 is 2.38 bits per heavy atom. The summed E-state index contributed by atoms with van der Waals surface area (Å²) < 4.78 is 37.5. The highest BCUT2D eigenvalue weighted by Gasteiger charge is 2.44. The fraction of sp³-hybridized carbons (Fsp3) is 1.00. The van der Waals surface area contributed by atoms with Crippen LogP contribution in [-0.2, 0) is 0 Å². The third-order valence-corrected chi connectivity index (χ3v) is 2.80. The van der Waals surface area contributed by atoms with Gasteiger partial charge in [-0.15, -0.1) is 0 Å². The average molecular weight is 195 g/mol. The van der Waals surface area contributed by atoms with Crippen LogP contribution in [0.1, 0.15) is 25.7 Å². The van der Waals surface area contributed by atoms with Crippen LogP contribution in [0.25, 0.3) is 0 Å². The van der Waals surface area contributed by atoms with Crippen LogP contribution in [0.4, 0.5) is 13.2 Å². The van der Waals surface area contributed by atoms with E-state index in [9.17, 15) is 13.2 Å². The predicted molar refractivity (Wildman–Crippen MR) is 45.4 cm³/mol. The third-order valence-electron chi connectivity index (χ3n) is 2.80. The highest BCUT2D eigenvalue weighted by molar-refractivity contribution is 4.81. The lowest BCUT2D eigenvalue weighted by atomic mass is 9.79. The van der Waals surface area contributed by atoms with Crippen molar-refractivity contribution < 1.29 is 13.2 Å². The quantitative estimate of drug-likeness (QED) is 0.714. The van der Waals surface area contributed by atoms with Crippen LogP contribution < -0.4 is 5.32 Å². The van der Waals surface area contributed by atoms with E-state index in [1.54, 1.807) is 7.05 Å². The van der Waals surface area contributed by atoms with Gasteiger partial charge in [0.05, 0.1) is 5.92 Å². The zero-order chi connectivity index (χ0) is 9.90. The molecule has 0 aromatic heterocycles. The number of hydrogen-bond donors (Lipinski definition) is 1. The van der Waals surface area contributed by atoms with Crippen molar-refractivity contribution in [3.8, 4) is 0 Å². The number of halogens is 3. The van der Waals surface area contributed by atoms with Crippen molar-refractivity contribution >= 4 is 0 Å². The fourth-order valence-electron chi connectivity index (χ4n) is 2.15. The summed E-state index contributed by atoms with van der Waals surface area (Å²) in [6.07, 6.45) is -1.30. The van der Waals surface area contributed by atoms with Crippen LogP contribution in [0, 0.1) is 11.8 Å². The van der Waals surface area contributed by atoms with Crippen LogP contribution >= 0.6 is 0 Å². The molecule has 1 N–H and O–H groups in total. The smallest absolute Gasteiger partial charge is 0.319 e. The summed E-state index contributed by atoms with van der Waals surface area (Å²) in [7, 11) is 1.71. The Bertz CT molecular complexity index is 153. The second-order valence-electron chi connectivity index (χ2n) is 3.75. The first-order valence-electron chi connectivity index (χ1n) is 4.77. The standard InChI is InChI=1S/C9H16F3N/c1-13-6-7-4-2-3-5-8(7)9(10,11)12/h7-8,13H,2-6H2,1H3. The van der Waals surface area contributed by atoms with Crippen molar-refractivity contribution in [3.05, 3.63) is 0 Å². The molecule has 1 rings (SSSR count). The van der Waals surface area contributed by atoms with Crippen molar-refractivity contribution in [2.45, 2.75) is 31.9 Å². The Kier molecular flexibility index (Phi) is 3.59. The predicted octanol–water partition coefficient (Wildman–Crippen LogP) is 2.57. The van der Waals surface area contributed by atoms with Gasteiger partial charge in [0.15, 0.2) is 0 Å². The van der Waals surface area contributed by atoms with E-state index >= 15 is 0 Å². The highest BCUT2D eigenvalue weighted by atomic mass is 19.4. The number of alkyl halides is 3. The summed E-state index contributed by atoms with van der Waals surface area (Å²) in [5.74, 6) is -1.28. The van der Waals surface area contributed by atoms with E-state index in [0.717, 1.165) is 12.8 Å². The first-order chi connectivity index (χ1) is 6.05. The molecule has 0 radical (unpaired) electrons. The van der Waals surface area contributed by atoms with Gasteiger partial charge < -0.3 is 5.32 Å². The van der Waals surface area contributed by atoms with Crippen molar-refractivity contribution in [1.29, 1.82) is 0 Å². The van der Waals surface area contributed by atoms with Crippen LogP contribution in [0.2, 0.25) is 0 Å². The molecule has 1 saturated carbocycles. The van der Waals surface area contributed by atoms with Crippen molar-refractivity contribution in [2.24, 2.45) is 11.8 Å². The van der Waals surface area contributed by atoms with E-state index in [0.29, 0.717) is 19.4 Å². The molecule has 1 nitrogen and oxygen atoms in total. The molecule has 4 heteroatoms. The molecule has 0 bridgehead atoms. The lowest BCUT2D eigenvalue weighted by Crippen LogP contribution is -2.37. The van der Waals surface area contributed by atoms with Gasteiger partial charge >= 0.3 is 6.18 Å². The monoisotopic (exact) mass is 195 g/mol. The SMILES string of the molecule is CNCC1CCCCC1C(F)(F)F. The first-order valence-corrected chi connectivity index (χ1v) is 4.77. The molecule has 0 amide bonds. The lowest BCUT2D eigenvalue weighted by molar-refractivity contribution is -0.195. The van der Waals surface area contributed by atoms with Gasteiger partial charge in [0, 0.05) is 0 Å². The minimum atomic E-state index is -4.00. The second kappa shape index (κ2) is 4.31. The molecule has 13 heavy (non-hydrogen) atoms. The summed E-state index contributed by atoms with van der Waals surface area (Å²) >= 11 is 0. The summed E-state index contributed by atoms with van der Waals surface area (Å²) in [6, 6.07) is 0. The maximum absolute atomic E-state index is 12.5. The molecule has 0 aromatic rings. The molecule has 0 aromatic carbocycles. The summed E-state index contributed by atoms with van der Waals surface area (Å²) in [5, 5.41) is 2.84. The van der Waals surface area contributed by atoms with E-state index in [2.05, 4.69) is 5.32 Å². The normalized spacial score (nSPS) is 30.5.